The van der Waals surface area contributed by atoms with E-state index < -0.39 is 29.2 Å². The van der Waals surface area contributed by atoms with Crippen LogP contribution in [0, 0.1) is 23.2 Å². The lowest BCUT2D eigenvalue weighted by molar-refractivity contribution is -0.150. The summed E-state index contributed by atoms with van der Waals surface area (Å²) in [7, 11) is 0. The van der Waals surface area contributed by atoms with Gasteiger partial charge in [0.05, 0.1) is 11.8 Å². The van der Waals surface area contributed by atoms with Crippen molar-refractivity contribution in [2.75, 3.05) is 0 Å². The van der Waals surface area contributed by atoms with Gasteiger partial charge in [-0.1, -0.05) is 34.6 Å². The summed E-state index contributed by atoms with van der Waals surface area (Å²) in [5.41, 5.74) is -0.422. The molecule has 0 aliphatic carbocycles. The van der Waals surface area contributed by atoms with E-state index in [0.717, 1.165) is 0 Å². The van der Waals surface area contributed by atoms with Crippen LogP contribution in [0.25, 0.3) is 0 Å². The Bertz CT molecular complexity index is 263. The van der Waals surface area contributed by atoms with E-state index in [1.54, 1.807) is 13.8 Å². The zero-order valence-electron chi connectivity index (χ0n) is 10.7. The molecule has 0 aliphatic heterocycles. The molecule has 0 radical (unpaired) electrons. The maximum absolute atomic E-state index is 11.1. The summed E-state index contributed by atoms with van der Waals surface area (Å²) < 4.78 is 0. The predicted molar refractivity (Wildman–Crippen MR) is 61.2 cm³/mol. The zero-order chi connectivity index (χ0) is 13.1. The van der Waals surface area contributed by atoms with E-state index >= 15 is 0 Å². The van der Waals surface area contributed by atoms with Crippen molar-refractivity contribution in [1.82, 2.24) is 0 Å². The number of hydrogen-bond donors (Lipinski definition) is 2. The topological polar surface area (TPSA) is 74.6 Å². The Hall–Kier alpha value is -1.06. The van der Waals surface area contributed by atoms with Gasteiger partial charge in [-0.15, -0.1) is 0 Å². The Kier molecular flexibility index (Phi) is 4.97. The monoisotopic (exact) mass is 230 g/mol. The predicted octanol–water partition coefficient (Wildman–Crippen LogP) is 2.48. The minimum Gasteiger partial charge on any atom is -0.481 e. The zero-order valence-corrected chi connectivity index (χ0v) is 10.7. The summed E-state index contributed by atoms with van der Waals surface area (Å²) in [4.78, 5) is 22.2. The third kappa shape index (κ3) is 4.21. The van der Waals surface area contributed by atoms with Crippen LogP contribution < -0.4 is 0 Å². The van der Waals surface area contributed by atoms with Gasteiger partial charge in [0.1, 0.15) is 0 Å². The molecule has 94 valence electrons. The van der Waals surface area contributed by atoms with E-state index in [0.29, 0.717) is 0 Å². The highest BCUT2D eigenvalue weighted by Gasteiger charge is 2.36. The summed E-state index contributed by atoms with van der Waals surface area (Å²) in [6.07, 6.45) is 0.186. The van der Waals surface area contributed by atoms with Crippen LogP contribution in [0.15, 0.2) is 0 Å². The van der Waals surface area contributed by atoms with Crippen molar-refractivity contribution < 1.29 is 19.8 Å². The van der Waals surface area contributed by atoms with Gasteiger partial charge in [0, 0.05) is 0 Å². The smallest absolute Gasteiger partial charge is 0.307 e. The van der Waals surface area contributed by atoms with E-state index in [1.807, 2.05) is 20.8 Å². The van der Waals surface area contributed by atoms with Gasteiger partial charge >= 0.3 is 11.9 Å². The normalized spacial score (nSPS) is 15.9. The van der Waals surface area contributed by atoms with Crippen molar-refractivity contribution in [2.24, 2.45) is 23.2 Å². The summed E-state index contributed by atoms with van der Waals surface area (Å²) in [6.45, 7) is 9.09. The molecule has 0 amide bonds. The fourth-order valence-electron chi connectivity index (χ4n) is 1.74. The van der Waals surface area contributed by atoms with E-state index in [2.05, 4.69) is 0 Å². The second-order valence-corrected chi connectivity index (χ2v) is 5.68. The van der Waals surface area contributed by atoms with E-state index in [-0.39, 0.29) is 12.3 Å². The molecule has 2 atom stereocenters. The first-order valence-corrected chi connectivity index (χ1v) is 5.53. The van der Waals surface area contributed by atoms with E-state index in [4.69, 9.17) is 10.2 Å². The standard InChI is InChI=1S/C12H22O4/c1-7(2)8(10(13)14)6-9(11(15)16)12(3,4)5/h7-9H,6H2,1-5H3,(H,13,14)(H,15,16). The van der Waals surface area contributed by atoms with E-state index in [1.165, 1.54) is 0 Å². The van der Waals surface area contributed by atoms with Gasteiger partial charge in [-0.3, -0.25) is 9.59 Å². The molecule has 16 heavy (non-hydrogen) atoms. The second kappa shape index (κ2) is 5.32. The molecule has 0 bridgehead atoms. The molecule has 0 spiro atoms. The van der Waals surface area contributed by atoms with Gasteiger partial charge in [-0.25, -0.2) is 0 Å². The van der Waals surface area contributed by atoms with Crippen molar-refractivity contribution in [3.05, 3.63) is 0 Å². The van der Waals surface area contributed by atoms with Crippen LogP contribution in [-0.2, 0) is 9.59 Å². The molecule has 0 aromatic heterocycles. The molecule has 0 aromatic carbocycles. The van der Waals surface area contributed by atoms with Crippen molar-refractivity contribution in [3.63, 3.8) is 0 Å². The average Bonchev–Trinajstić information content (AvgIpc) is 1.99. The van der Waals surface area contributed by atoms with Crippen LogP contribution in [0.4, 0.5) is 0 Å². The lowest BCUT2D eigenvalue weighted by Crippen LogP contribution is -2.34. The fourth-order valence-corrected chi connectivity index (χ4v) is 1.74. The molecular weight excluding hydrogens is 208 g/mol. The third-order valence-corrected chi connectivity index (χ3v) is 2.96. The quantitative estimate of drug-likeness (QED) is 0.760. The molecule has 4 nitrogen and oxygen atoms in total. The first-order valence-electron chi connectivity index (χ1n) is 5.53. The van der Waals surface area contributed by atoms with Gasteiger partial charge in [0.2, 0.25) is 0 Å². The van der Waals surface area contributed by atoms with Crippen LogP contribution in [0.5, 0.6) is 0 Å². The molecule has 4 heteroatoms. The van der Waals surface area contributed by atoms with Crippen molar-refractivity contribution >= 4 is 11.9 Å². The van der Waals surface area contributed by atoms with Gasteiger partial charge in [0.15, 0.2) is 0 Å². The number of carbonyl (C=O) groups is 2. The maximum Gasteiger partial charge on any atom is 0.307 e. The van der Waals surface area contributed by atoms with Crippen LogP contribution in [0.3, 0.4) is 0 Å². The minimum atomic E-state index is -0.917. The molecule has 2 N–H and O–H groups in total. The van der Waals surface area contributed by atoms with Crippen LogP contribution in [0.2, 0.25) is 0 Å². The molecule has 0 fully saturated rings. The Morgan fingerprint density at radius 2 is 1.50 bits per heavy atom. The second-order valence-electron chi connectivity index (χ2n) is 5.68. The Morgan fingerprint density at radius 1 is 1.06 bits per heavy atom. The number of carboxylic acids is 2. The maximum atomic E-state index is 11.1. The van der Waals surface area contributed by atoms with Gasteiger partial charge < -0.3 is 10.2 Å². The molecule has 0 heterocycles. The van der Waals surface area contributed by atoms with Gasteiger partial charge in [0.25, 0.3) is 0 Å². The number of rotatable bonds is 5. The number of carboxylic acid groups (broad SMARTS) is 2. The highest BCUT2D eigenvalue weighted by Crippen LogP contribution is 2.33. The minimum absolute atomic E-state index is 0.0540. The average molecular weight is 230 g/mol. The summed E-state index contributed by atoms with van der Waals surface area (Å²) in [6, 6.07) is 0. The van der Waals surface area contributed by atoms with Crippen molar-refractivity contribution in [3.8, 4) is 0 Å². The molecular formula is C12H22O4. The van der Waals surface area contributed by atoms with Crippen LogP contribution >= 0.6 is 0 Å². The number of hydrogen-bond acceptors (Lipinski definition) is 2. The fraction of sp³-hybridized carbons (Fsp3) is 0.833. The molecule has 0 aromatic rings. The van der Waals surface area contributed by atoms with E-state index in [9.17, 15) is 9.59 Å². The SMILES string of the molecule is CC(C)C(CC(C(=O)O)C(C)(C)C)C(=O)O. The molecule has 0 saturated carbocycles. The molecule has 0 rings (SSSR count). The Balaban J connectivity index is 4.87. The Morgan fingerprint density at radius 3 is 1.69 bits per heavy atom. The first-order chi connectivity index (χ1) is 7.07. The van der Waals surface area contributed by atoms with Crippen molar-refractivity contribution in [1.29, 1.82) is 0 Å². The first kappa shape index (κ1) is 14.9. The molecule has 0 saturated heterocycles. The summed E-state index contributed by atoms with van der Waals surface area (Å²) in [5, 5.41) is 18.2. The van der Waals surface area contributed by atoms with Crippen LogP contribution in [0.1, 0.15) is 41.0 Å². The van der Waals surface area contributed by atoms with Gasteiger partial charge in [-0.05, 0) is 17.8 Å². The number of aliphatic carboxylic acids is 2. The highest BCUT2D eigenvalue weighted by molar-refractivity contribution is 5.74. The third-order valence-electron chi connectivity index (χ3n) is 2.96. The van der Waals surface area contributed by atoms with Crippen molar-refractivity contribution in [2.45, 2.75) is 41.0 Å². The largest absolute Gasteiger partial charge is 0.481 e. The summed E-state index contributed by atoms with van der Waals surface area (Å²) >= 11 is 0. The van der Waals surface area contributed by atoms with Crippen LogP contribution in [-0.4, -0.2) is 22.2 Å². The summed E-state index contributed by atoms with van der Waals surface area (Å²) in [5.74, 6) is -3.11. The Labute approximate surface area is 96.7 Å². The van der Waals surface area contributed by atoms with Gasteiger partial charge in [-0.2, -0.15) is 0 Å². The molecule has 2 unspecified atom stereocenters. The lowest BCUT2D eigenvalue weighted by Gasteiger charge is -2.30. The molecule has 0 aliphatic rings. The lowest BCUT2D eigenvalue weighted by atomic mass is 9.74. The highest BCUT2D eigenvalue weighted by atomic mass is 16.4.